The summed E-state index contributed by atoms with van der Waals surface area (Å²) in [6.45, 7) is 2.67. The molecule has 0 aliphatic heterocycles. The number of carbonyl (C=O) groups excluding carboxylic acids is 1. The van der Waals surface area contributed by atoms with Gasteiger partial charge in [-0.2, -0.15) is 0 Å². The minimum atomic E-state index is -0.742. The highest BCUT2D eigenvalue weighted by Gasteiger charge is 2.06. The first-order chi connectivity index (χ1) is 11.1. The highest BCUT2D eigenvalue weighted by Crippen LogP contribution is 2.17. The van der Waals surface area contributed by atoms with Gasteiger partial charge in [-0.05, 0) is 36.6 Å². The molecule has 0 unspecified atom stereocenters. The molecule has 0 bridgehead atoms. The maximum absolute atomic E-state index is 13.3. The van der Waals surface area contributed by atoms with Gasteiger partial charge in [0.25, 0.3) is 0 Å². The molecule has 1 N–H and O–H groups in total. The summed E-state index contributed by atoms with van der Waals surface area (Å²) in [5.74, 6) is -1.48. The number of rotatable bonds is 7. The van der Waals surface area contributed by atoms with Gasteiger partial charge in [0.15, 0.2) is 11.6 Å². The topological polar surface area (TPSA) is 38.3 Å². The molecule has 3 nitrogen and oxygen atoms in total. The molecule has 23 heavy (non-hydrogen) atoms. The number of benzene rings is 2. The summed E-state index contributed by atoms with van der Waals surface area (Å²) < 4.78 is 31.3. The van der Waals surface area contributed by atoms with Crippen LogP contribution in [0.3, 0.4) is 0 Å². The zero-order valence-electron chi connectivity index (χ0n) is 12.9. The van der Waals surface area contributed by atoms with Crippen LogP contribution in [0.15, 0.2) is 42.5 Å². The van der Waals surface area contributed by atoms with Crippen molar-refractivity contribution in [1.29, 1.82) is 0 Å². The van der Waals surface area contributed by atoms with E-state index >= 15 is 0 Å². The van der Waals surface area contributed by atoms with E-state index < -0.39 is 11.6 Å². The minimum absolute atomic E-state index is 0.00767. The second kappa shape index (κ2) is 8.27. The van der Waals surface area contributed by atoms with Crippen LogP contribution in [0.2, 0.25) is 0 Å². The summed E-state index contributed by atoms with van der Waals surface area (Å²) in [5.41, 5.74) is 2.20. The molecule has 2 rings (SSSR count). The molecule has 5 heteroatoms. The smallest absolute Gasteiger partial charge is 0.220 e. The van der Waals surface area contributed by atoms with Gasteiger partial charge in [-0.1, -0.05) is 24.3 Å². The lowest BCUT2D eigenvalue weighted by Crippen LogP contribution is -2.23. The van der Waals surface area contributed by atoms with Crippen LogP contribution < -0.4 is 10.1 Å². The van der Waals surface area contributed by atoms with Crippen molar-refractivity contribution >= 4 is 5.91 Å². The van der Waals surface area contributed by atoms with Crippen molar-refractivity contribution in [2.75, 3.05) is 6.61 Å². The standard InChI is InChI=1S/C18H19F2NO2/c1-13-5-2-3-6-14(13)12-21-18(22)7-4-10-23-17-9-8-15(19)11-16(17)20/h2-3,5-6,8-9,11H,4,7,10,12H2,1H3,(H,21,22). The van der Waals surface area contributed by atoms with E-state index in [9.17, 15) is 13.6 Å². The fraction of sp³-hybridized carbons (Fsp3) is 0.278. The molecule has 0 radical (unpaired) electrons. The van der Waals surface area contributed by atoms with E-state index in [1.165, 1.54) is 6.07 Å². The summed E-state index contributed by atoms with van der Waals surface area (Å²) in [5, 5.41) is 2.84. The van der Waals surface area contributed by atoms with Crippen molar-refractivity contribution in [3.05, 3.63) is 65.2 Å². The van der Waals surface area contributed by atoms with Crippen LogP contribution in [0, 0.1) is 18.6 Å². The Hall–Kier alpha value is -2.43. The zero-order chi connectivity index (χ0) is 16.7. The SMILES string of the molecule is Cc1ccccc1CNC(=O)CCCOc1ccc(F)cc1F. The van der Waals surface area contributed by atoms with Gasteiger partial charge in [-0.25, -0.2) is 8.78 Å². The van der Waals surface area contributed by atoms with Crippen LogP contribution in [0.25, 0.3) is 0 Å². The summed E-state index contributed by atoms with van der Waals surface area (Å²) in [7, 11) is 0. The Morgan fingerprint density at radius 2 is 1.96 bits per heavy atom. The van der Waals surface area contributed by atoms with Gasteiger partial charge in [0.2, 0.25) is 5.91 Å². The normalized spacial score (nSPS) is 10.4. The lowest BCUT2D eigenvalue weighted by molar-refractivity contribution is -0.121. The number of ether oxygens (including phenoxy) is 1. The molecule has 0 atom stereocenters. The Bertz CT molecular complexity index is 674. The maximum atomic E-state index is 13.3. The molecule has 2 aromatic rings. The van der Waals surface area contributed by atoms with Gasteiger partial charge in [0.1, 0.15) is 5.82 Å². The van der Waals surface area contributed by atoms with Crippen molar-refractivity contribution in [1.82, 2.24) is 5.32 Å². The predicted molar refractivity (Wildman–Crippen MR) is 84.1 cm³/mol. The quantitative estimate of drug-likeness (QED) is 0.789. The molecule has 0 saturated heterocycles. The first-order valence-corrected chi connectivity index (χ1v) is 7.45. The fourth-order valence-electron chi connectivity index (χ4n) is 2.10. The minimum Gasteiger partial charge on any atom is -0.491 e. The number of amides is 1. The van der Waals surface area contributed by atoms with E-state index in [1.807, 2.05) is 31.2 Å². The second-order valence-corrected chi connectivity index (χ2v) is 5.23. The highest BCUT2D eigenvalue weighted by molar-refractivity contribution is 5.75. The number of carbonyl (C=O) groups is 1. The summed E-state index contributed by atoms with van der Waals surface area (Å²) in [4.78, 5) is 11.8. The van der Waals surface area contributed by atoms with Gasteiger partial charge >= 0.3 is 0 Å². The van der Waals surface area contributed by atoms with Crippen LogP contribution in [0.1, 0.15) is 24.0 Å². The number of hydrogen-bond donors (Lipinski definition) is 1. The van der Waals surface area contributed by atoms with Gasteiger partial charge in [0.05, 0.1) is 6.61 Å². The molecular weight excluding hydrogens is 300 g/mol. The molecule has 0 aliphatic rings. The zero-order valence-corrected chi connectivity index (χ0v) is 12.9. The number of aryl methyl sites for hydroxylation is 1. The average molecular weight is 319 g/mol. The van der Waals surface area contributed by atoms with Crippen LogP contribution in [-0.4, -0.2) is 12.5 Å². The van der Waals surface area contributed by atoms with Crippen molar-refractivity contribution in [2.24, 2.45) is 0 Å². The van der Waals surface area contributed by atoms with E-state index in [0.717, 1.165) is 23.3 Å². The summed E-state index contributed by atoms with van der Waals surface area (Å²) in [6, 6.07) is 11.0. The fourth-order valence-corrected chi connectivity index (χ4v) is 2.10. The summed E-state index contributed by atoms with van der Waals surface area (Å²) in [6.07, 6.45) is 0.741. The monoisotopic (exact) mass is 319 g/mol. The molecule has 0 fully saturated rings. The van der Waals surface area contributed by atoms with Crippen LogP contribution in [0.4, 0.5) is 8.78 Å². The predicted octanol–water partition coefficient (Wildman–Crippen LogP) is 3.75. The summed E-state index contributed by atoms with van der Waals surface area (Å²) >= 11 is 0. The molecular formula is C18H19F2NO2. The molecule has 0 saturated carbocycles. The Morgan fingerprint density at radius 3 is 2.70 bits per heavy atom. The van der Waals surface area contributed by atoms with Crippen molar-refractivity contribution in [2.45, 2.75) is 26.3 Å². The Kier molecular flexibility index (Phi) is 6.09. The highest BCUT2D eigenvalue weighted by atomic mass is 19.1. The molecule has 1 amide bonds. The second-order valence-electron chi connectivity index (χ2n) is 5.23. The molecule has 0 spiro atoms. The van der Waals surface area contributed by atoms with E-state index in [-0.39, 0.29) is 24.7 Å². The maximum Gasteiger partial charge on any atom is 0.220 e. The van der Waals surface area contributed by atoms with Crippen LogP contribution >= 0.6 is 0 Å². The Balaban J connectivity index is 1.68. The number of hydrogen-bond acceptors (Lipinski definition) is 2. The van der Waals surface area contributed by atoms with E-state index in [4.69, 9.17) is 4.74 Å². The third kappa shape index (κ3) is 5.36. The molecule has 122 valence electrons. The Labute approximate surface area is 134 Å². The third-order valence-electron chi connectivity index (χ3n) is 3.44. The van der Waals surface area contributed by atoms with E-state index in [2.05, 4.69) is 5.32 Å². The molecule has 0 aliphatic carbocycles. The van der Waals surface area contributed by atoms with Gasteiger partial charge in [-0.3, -0.25) is 4.79 Å². The number of halogens is 2. The third-order valence-corrected chi connectivity index (χ3v) is 3.44. The average Bonchev–Trinajstić information content (AvgIpc) is 2.52. The van der Waals surface area contributed by atoms with Crippen LogP contribution in [-0.2, 0) is 11.3 Å². The van der Waals surface area contributed by atoms with Gasteiger partial charge in [-0.15, -0.1) is 0 Å². The number of nitrogens with one attached hydrogen (secondary N) is 1. The first-order valence-electron chi connectivity index (χ1n) is 7.45. The molecule has 2 aromatic carbocycles. The molecule has 0 aromatic heterocycles. The van der Waals surface area contributed by atoms with Crippen molar-refractivity contribution < 1.29 is 18.3 Å². The lowest BCUT2D eigenvalue weighted by atomic mass is 10.1. The largest absolute Gasteiger partial charge is 0.491 e. The van der Waals surface area contributed by atoms with Crippen molar-refractivity contribution in [3.8, 4) is 5.75 Å². The lowest BCUT2D eigenvalue weighted by Gasteiger charge is -2.09. The molecule has 0 heterocycles. The van der Waals surface area contributed by atoms with E-state index in [1.54, 1.807) is 0 Å². The van der Waals surface area contributed by atoms with E-state index in [0.29, 0.717) is 13.0 Å². The van der Waals surface area contributed by atoms with Gasteiger partial charge in [0, 0.05) is 19.0 Å². The van der Waals surface area contributed by atoms with Crippen LogP contribution in [0.5, 0.6) is 5.75 Å². The van der Waals surface area contributed by atoms with Gasteiger partial charge < -0.3 is 10.1 Å². The van der Waals surface area contributed by atoms with Crippen molar-refractivity contribution in [3.63, 3.8) is 0 Å². The Morgan fingerprint density at radius 1 is 1.17 bits per heavy atom. The first kappa shape index (κ1) is 16.9.